The molecular formula is C9H10N4O3S. The lowest BCUT2D eigenvalue weighted by atomic mass is 10.1. The molecule has 0 saturated carbocycles. The van der Waals surface area contributed by atoms with Crippen molar-refractivity contribution in [2.75, 3.05) is 0 Å². The quantitative estimate of drug-likeness (QED) is 0.400. The van der Waals surface area contributed by atoms with Gasteiger partial charge in [0.15, 0.2) is 5.11 Å². The zero-order chi connectivity index (χ0) is 13.0. The summed E-state index contributed by atoms with van der Waals surface area (Å²) in [5.74, 6) is -0.543. The van der Waals surface area contributed by atoms with Gasteiger partial charge in [-0.25, -0.2) is 0 Å². The first-order valence-electron chi connectivity index (χ1n) is 4.53. The maximum absolute atomic E-state index is 11.6. The summed E-state index contributed by atoms with van der Waals surface area (Å²) in [5.41, 5.74) is 9.96. The SMILES string of the molecule is Cc1c(C(=O)NNC(N)=S)cccc1[N+](=O)[O-]. The van der Waals surface area contributed by atoms with Crippen molar-refractivity contribution in [3.05, 3.63) is 39.4 Å². The van der Waals surface area contributed by atoms with Crippen LogP contribution in [0.3, 0.4) is 0 Å². The fourth-order valence-electron chi connectivity index (χ4n) is 1.25. The molecule has 8 heteroatoms. The molecule has 0 heterocycles. The maximum atomic E-state index is 11.6. The molecule has 1 aromatic rings. The molecule has 0 atom stereocenters. The van der Waals surface area contributed by atoms with E-state index < -0.39 is 10.8 Å². The van der Waals surface area contributed by atoms with Gasteiger partial charge in [-0.05, 0) is 25.2 Å². The van der Waals surface area contributed by atoms with Crippen LogP contribution in [0.1, 0.15) is 15.9 Å². The molecule has 0 aliphatic rings. The van der Waals surface area contributed by atoms with E-state index in [1.807, 2.05) is 0 Å². The summed E-state index contributed by atoms with van der Waals surface area (Å²) in [6.45, 7) is 1.49. The summed E-state index contributed by atoms with van der Waals surface area (Å²) >= 11 is 4.51. The van der Waals surface area contributed by atoms with E-state index >= 15 is 0 Å². The van der Waals surface area contributed by atoms with Crippen LogP contribution in [-0.2, 0) is 0 Å². The van der Waals surface area contributed by atoms with Gasteiger partial charge in [-0.3, -0.25) is 25.8 Å². The summed E-state index contributed by atoms with van der Waals surface area (Å²) in [5, 5.41) is 10.6. The Morgan fingerprint density at radius 2 is 2.12 bits per heavy atom. The van der Waals surface area contributed by atoms with Crippen LogP contribution in [0.5, 0.6) is 0 Å². The van der Waals surface area contributed by atoms with Crippen molar-refractivity contribution in [1.82, 2.24) is 10.9 Å². The van der Waals surface area contributed by atoms with Gasteiger partial charge in [0.1, 0.15) is 0 Å². The number of nitrogens with zero attached hydrogens (tertiary/aromatic N) is 1. The molecule has 0 bridgehead atoms. The maximum Gasteiger partial charge on any atom is 0.273 e. The number of carbonyl (C=O) groups excluding carboxylic acids is 1. The van der Waals surface area contributed by atoms with Crippen molar-refractivity contribution in [1.29, 1.82) is 0 Å². The molecule has 0 aliphatic heterocycles. The van der Waals surface area contributed by atoms with Crippen molar-refractivity contribution in [2.24, 2.45) is 5.73 Å². The number of rotatable bonds is 2. The molecule has 7 nitrogen and oxygen atoms in total. The van der Waals surface area contributed by atoms with Crippen molar-refractivity contribution < 1.29 is 9.72 Å². The number of hydrazine groups is 1. The molecule has 1 amide bonds. The number of hydrogen-bond donors (Lipinski definition) is 3. The summed E-state index contributed by atoms with van der Waals surface area (Å²) in [7, 11) is 0. The zero-order valence-electron chi connectivity index (χ0n) is 8.89. The average molecular weight is 254 g/mol. The molecule has 0 aromatic heterocycles. The van der Waals surface area contributed by atoms with E-state index in [0.717, 1.165) is 0 Å². The number of benzene rings is 1. The number of carbonyl (C=O) groups is 1. The van der Waals surface area contributed by atoms with Crippen molar-refractivity contribution in [3.8, 4) is 0 Å². The monoisotopic (exact) mass is 254 g/mol. The second-order valence-corrected chi connectivity index (χ2v) is 3.59. The highest BCUT2D eigenvalue weighted by Crippen LogP contribution is 2.20. The normalized spacial score (nSPS) is 9.47. The second kappa shape index (κ2) is 5.21. The summed E-state index contributed by atoms with van der Waals surface area (Å²) in [6, 6.07) is 4.23. The lowest BCUT2D eigenvalue weighted by Gasteiger charge is -2.08. The lowest BCUT2D eigenvalue weighted by molar-refractivity contribution is -0.385. The number of hydrogen-bond acceptors (Lipinski definition) is 4. The summed E-state index contributed by atoms with van der Waals surface area (Å²) in [4.78, 5) is 21.8. The highest BCUT2D eigenvalue weighted by atomic mass is 32.1. The average Bonchev–Trinajstić information content (AvgIpc) is 2.25. The smallest absolute Gasteiger partial charge is 0.273 e. The van der Waals surface area contributed by atoms with E-state index in [9.17, 15) is 14.9 Å². The largest absolute Gasteiger partial charge is 0.375 e. The van der Waals surface area contributed by atoms with Crippen LogP contribution in [0.2, 0.25) is 0 Å². The Balaban J connectivity index is 2.98. The van der Waals surface area contributed by atoms with E-state index in [4.69, 9.17) is 5.73 Å². The van der Waals surface area contributed by atoms with E-state index in [1.165, 1.54) is 25.1 Å². The Kier molecular flexibility index (Phi) is 3.94. The van der Waals surface area contributed by atoms with Crippen LogP contribution in [0, 0.1) is 17.0 Å². The number of nitro benzene ring substituents is 1. The highest BCUT2D eigenvalue weighted by molar-refractivity contribution is 7.80. The standard InChI is InChI=1S/C9H10N4O3S/c1-5-6(8(14)11-12-9(10)17)3-2-4-7(5)13(15)16/h2-4H,1H3,(H,11,14)(H3,10,12,17). The first kappa shape index (κ1) is 12.8. The highest BCUT2D eigenvalue weighted by Gasteiger charge is 2.17. The van der Waals surface area contributed by atoms with Gasteiger partial charge in [-0.2, -0.15) is 0 Å². The third-order valence-corrected chi connectivity index (χ3v) is 2.15. The molecule has 0 aliphatic carbocycles. The molecule has 90 valence electrons. The lowest BCUT2D eigenvalue weighted by Crippen LogP contribution is -2.44. The van der Waals surface area contributed by atoms with Crippen LogP contribution in [0.25, 0.3) is 0 Å². The van der Waals surface area contributed by atoms with Gasteiger partial charge < -0.3 is 5.73 Å². The molecule has 0 radical (unpaired) electrons. The van der Waals surface area contributed by atoms with Crippen molar-refractivity contribution in [2.45, 2.75) is 6.92 Å². The Bertz CT molecular complexity index is 489. The zero-order valence-corrected chi connectivity index (χ0v) is 9.71. The number of amides is 1. The van der Waals surface area contributed by atoms with Gasteiger partial charge >= 0.3 is 0 Å². The fraction of sp³-hybridized carbons (Fsp3) is 0.111. The van der Waals surface area contributed by atoms with Crippen molar-refractivity contribution in [3.63, 3.8) is 0 Å². The molecule has 0 spiro atoms. The number of nitrogens with two attached hydrogens (primary N) is 1. The molecule has 4 N–H and O–H groups in total. The van der Waals surface area contributed by atoms with E-state index in [0.29, 0.717) is 0 Å². The third kappa shape index (κ3) is 3.11. The van der Waals surface area contributed by atoms with Gasteiger partial charge in [0.2, 0.25) is 0 Å². The fourth-order valence-corrected chi connectivity index (χ4v) is 1.30. The van der Waals surface area contributed by atoms with E-state index in [2.05, 4.69) is 23.1 Å². The van der Waals surface area contributed by atoms with Crippen LogP contribution in [0.15, 0.2) is 18.2 Å². The van der Waals surface area contributed by atoms with Crippen LogP contribution in [-0.4, -0.2) is 15.9 Å². The van der Waals surface area contributed by atoms with Crippen molar-refractivity contribution >= 4 is 28.9 Å². The second-order valence-electron chi connectivity index (χ2n) is 3.15. The first-order chi connectivity index (χ1) is 7.93. The van der Waals surface area contributed by atoms with Gasteiger partial charge in [0, 0.05) is 11.6 Å². The van der Waals surface area contributed by atoms with E-state index in [-0.39, 0.29) is 21.9 Å². The van der Waals surface area contributed by atoms with Crippen LogP contribution >= 0.6 is 12.2 Å². The molecule has 0 saturated heterocycles. The van der Waals surface area contributed by atoms with Gasteiger partial charge in [0.05, 0.1) is 10.5 Å². The van der Waals surface area contributed by atoms with Crippen LogP contribution < -0.4 is 16.6 Å². The number of nitrogens with one attached hydrogen (secondary N) is 2. The minimum Gasteiger partial charge on any atom is -0.375 e. The van der Waals surface area contributed by atoms with Gasteiger partial charge in [0.25, 0.3) is 11.6 Å². The molecule has 17 heavy (non-hydrogen) atoms. The topological polar surface area (TPSA) is 110 Å². The first-order valence-corrected chi connectivity index (χ1v) is 4.94. The predicted octanol–water partition coefficient (Wildman–Crippen LogP) is 0.381. The summed E-state index contributed by atoms with van der Waals surface area (Å²) in [6.07, 6.45) is 0. The summed E-state index contributed by atoms with van der Waals surface area (Å²) < 4.78 is 0. The predicted molar refractivity (Wildman–Crippen MR) is 65.2 cm³/mol. The minimum atomic E-state index is -0.549. The Morgan fingerprint density at radius 3 is 2.65 bits per heavy atom. The molecule has 0 unspecified atom stereocenters. The molecule has 1 aromatic carbocycles. The van der Waals surface area contributed by atoms with Gasteiger partial charge in [-0.15, -0.1) is 0 Å². The molecule has 1 rings (SSSR count). The Hall–Kier alpha value is -2.22. The van der Waals surface area contributed by atoms with Crippen LogP contribution in [0.4, 0.5) is 5.69 Å². The Labute approximate surface area is 102 Å². The molecule has 0 fully saturated rings. The van der Waals surface area contributed by atoms with E-state index in [1.54, 1.807) is 0 Å². The number of nitro groups is 1. The third-order valence-electron chi connectivity index (χ3n) is 2.05. The van der Waals surface area contributed by atoms with Gasteiger partial charge in [-0.1, -0.05) is 6.07 Å². The minimum absolute atomic E-state index is 0.0959. The molecular weight excluding hydrogens is 244 g/mol. The number of thiocarbonyl (C=S) groups is 1. The Morgan fingerprint density at radius 1 is 1.47 bits per heavy atom.